The highest BCUT2D eigenvalue weighted by Gasteiger charge is 2.41. The normalized spacial score (nSPS) is 17.1. The first-order valence-corrected chi connectivity index (χ1v) is 11.7. The first kappa shape index (κ1) is 19.9. The predicted molar refractivity (Wildman–Crippen MR) is 130 cm³/mol. The van der Waals surface area contributed by atoms with Crippen LogP contribution >= 0.6 is 11.8 Å². The molecule has 2 aliphatic rings. The zero-order valence-corrected chi connectivity index (χ0v) is 18.3. The Kier molecular flexibility index (Phi) is 4.84. The first-order valence-electron chi connectivity index (χ1n) is 10.7. The average molecular weight is 455 g/mol. The zero-order valence-electron chi connectivity index (χ0n) is 17.5. The standard InChI is InChI=1S/C26H19FN4OS/c27-20-10-4-1-7-16(20)15-33-26-30-22-12-6-3-9-19(22)24-29-23(25(32)31(24)26)13-17-14-28-21-11-5-2-8-18(17)21/h1-12,14,23,28H,13,15H2/t23-/m1/s1. The summed E-state index contributed by atoms with van der Waals surface area (Å²) in [4.78, 5) is 28.0. The number of nitrogens with one attached hydrogen (secondary N) is 1. The van der Waals surface area contributed by atoms with Crippen LogP contribution in [0.3, 0.4) is 0 Å². The number of aliphatic imine (C=N–C) groups is 2. The molecule has 162 valence electrons. The van der Waals surface area contributed by atoms with Gasteiger partial charge in [-0.1, -0.05) is 60.3 Å². The SMILES string of the molecule is O=C1[C@@H](Cc2c[nH]c3ccccc23)N=C2c3ccccc3N=C(SCc3ccccc3F)N12. The smallest absolute Gasteiger partial charge is 0.259 e. The summed E-state index contributed by atoms with van der Waals surface area (Å²) < 4.78 is 14.2. The van der Waals surface area contributed by atoms with Crippen molar-refractivity contribution in [2.75, 3.05) is 0 Å². The van der Waals surface area contributed by atoms with Crippen LogP contribution in [-0.2, 0) is 17.0 Å². The van der Waals surface area contributed by atoms with Crippen LogP contribution in [-0.4, -0.2) is 32.8 Å². The van der Waals surface area contributed by atoms with Crippen LogP contribution in [0.4, 0.5) is 10.1 Å². The summed E-state index contributed by atoms with van der Waals surface area (Å²) in [6, 6.07) is 21.9. The summed E-state index contributed by atoms with van der Waals surface area (Å²) in [7, 11) is 0. The largest absolute Gasteiger partial charge is 0.361 e. The summed E-state index contributed by atoms with van der Waals surface area (Å²) in [5.74, 6) is 0.620. The molecule has 2 aliphatic heterocycles. The van der Waals surface area contributed by atoms with Crippen molar-refractivity contribution in [1.82, 2.24) is 9.88 Å². The zero-order chi connectivity index (χ0) is 22.4. The van der Waals surface area contributed by atoms with E-state index >= 15 is 0 Å². The molecule has 0 bridgehead atoms. The van der Waals surface area contributed by atoms with Gasteiger partial charge in [0.2, 0.25) is 0 Å². The second-order valence-corrected chi connectivity index (χ2v) is 8.94. The number of carbonyl (C=O) groups is 1. The van der Waals surface area contributed by atoms with E-state index in [4.69, 9.17) is 9.98 Å². The molecule has 1 amide bonds. The summed E-state index contributed by atoms with van der Waals surface area (Å²) in [6.07, 6.45) is 2.45. The molecular formula is C26H19FN4OS. The van der Waals surface area contributed by atoms with Crippen LogP contribution in [0.25, 0.3) is 10.9 Å². The van der Waals surface area contributed by atoms with E-state index in [0.717, 1.165) is 27.7 Å². The maximum Gasteiger partial charge on any atom is 0.259 e. The van der Waals surface area contributed by atoms with E-state index in [1.807, 2.05) is 60.8 Å². The lowest BCUT2D eigenvalue weighted by Crippen LogP contribution is -2.41. The Morgan fingerprint density at radius 3 is 2.67 bits per heavy atom. The first-order chi connectivity index (χ1) is 16.2. The summed E-state index contributed by atoms with van der Waals surface area (Å²) >= 11 is 1.35. The molecule has 0 unspecified atom stereocenters. The Bertz CT molecular complexity index is 1460. The lowest BCUT2D eigenvalue weighted by Gasteiger charge is -2.25. The Morgan fingerprint density at radius 1 is 0.970 bits per heavy atom. The second-order valence-electron chi connectivity index (χ2n) is 8.00. The van der Waals surface area contributed by atoms with Crippen LogP contribution in [0.5, 0.6) is 0 Å². The summed E-state index contributed by atoms with van der Waals surface area (Å²) in [5, 5.41) is 1.63. The minimum Gasteiger partial charge on any atom is -0.361 e. The number of hydrogen-bond donors (Lipinski definition) is 1. The Labute approximate surface area is 194 Å². The predicted octanol–water partition coefficient (Wildman–Crippen LogP) is 5.44. The molecule has 5 nitrogen and oxygen atoms in total. The molecule has 0 saturated carbocycles. The van der Waals surface area contributed by atoms with Crippen molar-refractivity contribution < 1.29 is 9.18 Å². The van der Waals surface area contributed by atoms with E-state index in [1.54, 1.807) is 17.0 Å². The monoisotopic (exact) mass is 454 g/mol. The number of amidine groups is 2. The third-order valence-electron chi connectivity index (χ3n) is 5.95. The van der Waals surface area contributed by atoms with E-state index in [-0.39, 0.29) is 11.7 Å². The third kappa shape index (κ3) is 3.45. The minimum atomic E-state index is -0.537. The van der Waals surface area contributed by atoms with Gasteiger partial charge in [0.25, 0.3) is 5.91 Å². The number of hydrogen-bond acceptors (Lipinski definition) is 4. The van der Waals surface area contributed by atoms with Crippen molar-refractivity contribution in [2.45, 2.75) is 18.2 Å². The maximum absolute atomic E-state index is 14.2. The average Bonchev–Trinajstić information content (AvgIpc) is 3.40. The van der Waals surface area contributed by atoms with E-state index in [1.165, 1.54) is 17.8 Å². The molecule has 4 aromatic rings. The lowest BCUT2D eigenvalue weighted by atomic mass is 10.1. The lowest BCUT2D eigenvalue weighted by molar-refractivity contribution is -0.124. The van der Waals surface area contributed by atoms with Gasteiger partial charge in [0.1, 0.15) is 17.7 Å². The molecule has 0 radical (unpaired) electrons. The number of para-hydroxylation sites is 2. The molecule has 0 spiro atoms. The van der Waals surface area contributed by atoms with E-state index in [9.17, 15) is 9.18 Å². The van der Waals surface area contributed by atoms with E-state index in [2.05, 4.69) is 4.98 Å². The van der Waals surface area contributed by atoms with E-state index < -0.39 is 6.04 Å². The van der Waals surface area contributed by atoms with Crippen molar-refractivity contribution in [1.29, 1.82) is 0 Å². The third-order valence-corrected chi connectivity index (χ3v) is 6.94. The number of halogens is 1. The molecule has 0 saturated heterocycles. The van der Waals surface area contributed by atoms with E-state index in [0.29, 0.717) is 28.7 Å². The highest BCUT2D eigenvalue weighted by molar-refractivity contribution is 8.13. The maximum atomic E-state index is 14.2. The minimum absolute atomic E-state index is 0.107. The van der Waals surface area contributed by atoms with Gasteiger partial charge in [0.15, 0.2) is 5.17 Å². The molecule has 1 atom stereocenters. The number of thioether (sulfide) groups is 1. The van der Waals surface area contributed by atoms with Crippen LogP contribution in [0, 0.1) is 5.82 Å². The molecule has 3 aromatic carbocycles. The van der Waals surface area contributed by atoms with Gasteiger partial charge in [-0.25, -0.2) is 14.3 Å². The fraction of sp³-hybridized carbons (Fsp3) is 0.115. The van der Waals surface area contributed by atoms with Crippen LogP contribution in [0.1, 0.15) is 16.7 Å². The van der Waals surface area contributed by atoms with Crippen molar-refractivity contribution in [2.24, 2.45) is 9.98 Å². The molecule has 3 heterocycles. The fourth-order valence-corrected chi connectivity index (χ4v) is 5.29. The number of fused-ring (bicyclic) bond motifs is 4. The number of nitrogens with zero attached hydrogens (tertiary/aromatic N) is 3. The fourth-order valence-electron chi connectivity index (χ4n) is 4.30. The number of benzene rings is 3. The summed E-state index contributed by atoms with van der Waals surface area (Å²) in [5.41, 5.74) is 4.27. The van der Waals surface area contributed by atoms with Gasteiger partial charge in [0.05, 0.1) is 5.69 Å². The number of rotatable bonds is 4. The van der Waals surface area contributed by atoms with Crippen molar-refractivity contribution >= 4 is 45.3 Å². The molecular weight excluding hydrogens is 435 g/mol. The number of amides is 1. The van der Waals surface area contributed by atoms with Gasteiger partial charge < -0.3 is 4.98 Å². The molecule has 7 heteroatoms. The molecule has 6 rings (SSSR count). The number of aromatic nitrogens is 1. The molecule has 33 heavy (non-hydrogen) atoms. The quantitative estimate of drug-likeness (QED) is 0.446. The van der Waals surface area contributed by atoms with Crippen LogP contribution in [0.2, 0.25) is 0 Å². The van der Waals surface area contributed by atoms with Crippen molar-refractivity contribution in [3.05, 3.63) is 102 Å². The van der Waals surface area contributed by atoms with Gasteiger partial charge in [-0.2, -0.15) is 0 Å². The van der Waals surface area contributed by atoms with Gasteiger partial charge in [-0.3, -0.25) is 9.79 Å². The van der Waals surface area contributed by atoms with Gasteiger partial charge in [-0.15, -0.1) is 0 Å². The Hall–Kier alpha value is -3.71. The topological polar surface area (TPSA) is 60.8 Å². The van der Waals surface area contributed by atoms with Crippen molar-refractivity contribution in [3.63, 3.8) is 0 Å². The van der Waals surface area contributed by atoms with Crippen LogP contribution < -0.4 is 0 Å². The molecule has 1 aromatic heterocycles. The Morgan fingerprint density at radius 2 is 1.76 bits per heavy atom. The summed E-state index contributed by atoms with van der Waals surface area (Å²) in [6.45, 7) is 0. The van der Waals surface area contributed by atoms with Gasteiger partial charge >= 0.3 is 0 Å². The highest BCUT2D eigenvalue weighted by atomic mass is 32.2. The highest BCUT2D eigenvalue weighted by Crippen LogP contribution is 2.35. The number of carbonyl (C=O) groups excluding carboxylic acids is 1. The number of H-pyrrole nitrogens is 1. The molecule has 0 aliphatic carbocycles. The number of aromatic amines is 1. The van der Waals surface area contributed by atoms with Gasteiger partial charge in [0, 0.05) is 34.8 Å². The molecule has 1 N–H and O–H groups in total. The van der Waals surface area contributed by atoms with Crippen molar-refractivity contribution in [3.8, 4) is 0 Å². The molecule has 0 fully saturated rings. The second kappa shape index (κ2) is 8.01. The Balaban J connectivity index is 1.34. The van der Waals surface area contributed by atoms with Gasteiger partial charge in [-0.05, 0) is 35.4 Å². The van der Waals surface area contributed by atoms with Crippen LogP contribution in [0.15, 0.2) is 89.0 Å².